The van der Waals surface area contributed by atoms with Crippen LogP contribution < -0.4 is 16.2 Å². The second-order valence-electron chi connectivity index (χ2n) is 9.62. The summed E-state index contributed by atoms with van der Waals surface area (Å²) in [5, 5.41) is 5.99. The molecule has 0 radical (unpaired) electrons. The predicted molar refractivity (Wildman–Crippen MR) is 144 cm³/mol. The summed E-state index contributed by atoms with van der Waals surface area (Å²) in [6.45, 7) is 3.65. The molecule has 0 aliphatic heterocycles. The van der Waals surface area contributed by atoms with Crippen molar-refractivity contribution in [3.8, 4) is 0 Å². The smallest absolute Gasteiger partial charge is 0.268 e. The number of amides is 2. The number of fused-ring (bicyclic) bond motifs is 1. The molecule has 2 heterocycles. The van der Waals surface area contributed by atoms with Gasteiger partial charge in [-0.1, -0.05) is 29.8 Å². The normalized spacial score (nSPS) is 13.4. The number of aryl methyl sites for hydroxylation is 2. The van der Waals surface area contributed by atoms with Gasteiger partial charge >= 0.3 is 0 Å². The van der Waals surface area contributed by atoms with Gasteiger partial charge in [-0.2, -0.15) is 0 Å². The number of aromatic nitrogens is 2. The molecule has 10 heteroatoms. The molecule has 0 spiro atoms. The van der Waals surface area contributed by atoms with Crippen LogP contribution in [0.5, 0.6) is 0 Å². The Kier molecular flexibility index (Phi) is 6.44. The lowest BCUT2D eigenvalue weighted by atomic mass is 10.1. The molecule has 1 aliphatic rings. The number of hydrogen-bond acceptors (Lipinski definition) is 5. The Morgan fingerprint density at radius 3 is 2.37 bits per heavy atom. The van der Waals surface area contributed by atoms with Crippen molar-refractivity contribution in [1.82, 2.24) is 19.2 Å². The van der Waals surface area contributed by atoms with Crippen LogP contribution in [0.2, 0.25) is 0 Å². The summed E-state index contributed by atoms with van der Waals surface area (Å²) in [6, 6.07) is 15.1. The maximum absolute atomic E-state index is 13.5. The van der Waals surface area contributed by atoms with Crippen molar-refractivity contribution in [1.29, 1.82) is 0 Å². The topological polar surface area (TPSA) is 119 Å². The van der Waals surface area contributed by atoms with Crippen LogP contribution in [0.15, 0.2) is 70.5 Å². The van der Waals surface area contributed by atoms with E-state index in [0.717, 1.165) is 18.4 Å². The van der Waals surface area contributed by atoms with Crippen molar-refractivity contribution in [3.63, 3.8) is 0 Å². The highest BCUT2D eigenvalue weighted by molar-refractivity contribution is 7.90. The minimum Gasteiger partial charge on any atom is -0.355 e. The zero-order valence-corrected chi connectivity index (χ0v) is 22.1. The van der Waals surface area contributed by atoms with Gasteiger partial charge in [-0.15, -0.1) is 0 Å². The lowest BCUT2D eigenvalue weighted by Crippen LogP contribution is -2.34. The van der Waals surface area contributed by atoms with Gasteiger partial charge in [0, 0.05) is 30.4 Å². The van der Waals surface area contributed by atoms with Crippen LogP contribution in [0.4, 0.5) is 0 Å². The number of rotatable bonds is 7. The first-order valence-electron chi connectivity index (χ1n) is 12.3. The van der Waals surface area contributed by atoms with Gasteiger partial charge in [0.15, 0.2) is 0 Å². The summed E-state index contributed by atoms with van der Waals surface area (Å²) in [7, 11) is -2.45. The van der Waals surface area contributed by atoms with Crippen molar-refractivity contribution in [3.05, 3.63) is 99.1 Å². The fourth-order valence-corrected chi connectivity index (χ4v) is 6.07. The van der Waals surface area contributed by atoms with Crippen molar-refractivity contribution in [2.75, 3.05) is 7.05 Å². The molecular weight excluding hydrogens is 504 g/mol. The average Bonchev–Trinajstić information content (AvgIpc) is 3.63. The van der Waals surface area contributed by atoms with Crippen molar-refractivity contribution in [2.45, 2.75) is 44.2 Å². The molecule has 196 valence electrons. The minimum absolute atomic E-state index is 0.0404. The van der Waals surface area contributed by atoms with E-state index in [1.54, 1.807) is 55.5 Å². The van der Waals surface area contributed by atoms with Crippen LogP contribution in [0.3, 0.4) is 0 Å². The van der Waals surface area contributed by atoms with E-state index in [1.807, 2.05) is 6.92 Å². The van der Waals surface area contributed by atoms with Gasteiger partial charge in [-0.05, 0) is 62.6 Å². The first-order chi connectivity index (χ1) is 18.1. The van der Waals surface area contributed by atoms with Gasteiger partial charge in [0.1, 0.15) is 5.56 Å². The SMILES string of the molecule is CNC(=O)c1cc(C(=O)NC2CC2)cn(Cc2cccc3c2cc(C)n3S(=O)(=O)c2ccc(C)cc2)c1=O. The van der Waals surface area contributed by atoms with E-state index >= 15 is 0 Å². The van der Waals surface area contributed by atoms with E-state index < -0.39 is 21.5 Å². The Bertz CT molecular complexity index is 1750. The molecule has 1 fully saturated rings. The van der Waals surface area contributed by atoms with E-state index in [-0.39, 0.29) is 34.5 Å². The summed E-state index contributed by atoms with van der Waals surface area (Å²) in [5.74, 6) is -0.940. The summed E-state index contributed by atoms with van der Waals surface area (Å²) in [6.07, 6.45) is 3.24. The minimum atomic E-state index is -3.87. The lowest BCUT2D eigenvalue weighted by Gasteiger charge is -2.13. The maximum atomic E-state index is 13.5. The molecule has 2 amide bonds. The van der Waals surface area contributed by atoms with Crippen LogP contribution in [0, 0.1) is 13.8 Å². The number of nitrogens with one attached hydrogen (secondary N) is 2. The number of benzene rings is 2. The molecular formula is C28H28N4O5S. The van der Waals surface area contributed by atoms with Gasteiger partial charge in [-0.3, -0.25) is 14.4 Å². The zero-order valence-electron chi connectivity index (χ0n) is 21.3. The fraction of sp³-hybridized carbons (Fsp3) is 0.250. The Balaban J connectivity index is 1.60. The standard InChI is InChI=1S/C28H28N4O5S/c1-17-7-11-22(12-8-17)38(36,37)32-18(2)13-23-19(5-4-6-25(23)32)15-31-16-20(26(33)30-21-9-10-21)14-24(28(31)35)27(34)29-3/h4-8,11-14,16,21H,9-10,15H2,1-3H3,(H,29,34)(H,30,33). The molecule has 0 bridgehead atoms. The first-order valence-corrected chi connectivity index (χ1v) is 13.7. The van der Waals surface area contributed by atoms with Crippen molar-refractivity contribution in [2.24, 2.45) is 0 Å². The molecule has 4 aromatic rings. The third kappa shape index (κ3) is 4.63. The van der Waals surface area contributed by atoms with Crippen LogP contribution >= 0.6 is 0 Å². The van der Waals surface area contributed by atoms with Crippen LogP contribution in [-0.2, 0) is 16.6 Å². The molecule has 0 unspecified atom stereocenters. The Labute approximate surface area is 220 Å². The highest BCUT2D eigenvalue weighted by atomic mass is 32.2. The second-order valence-corrected chi connectivity index (χ2v) is 11.4. The van der Waals surface area contributed by atoms with E-state index in [2.05, 4.69) is 10.6 Å². The summed E-state index contributed by atoms with van der Waals surface area (Å²) < 4.78 is 29.7. The van der Waals surface area contributed by atoms with E-state index in [1.165, 1.54) is 27.9 Å². The number of pyridine rings is 1. The molecule has 2 N–H and O–H groups in total. The molecule has 9 nitrogen and oxygen atoms in total. The Morgan fingerprint density at radius 2 is 1.71 bits per heavy atom. The second kappa shape index (κ2) is 9.60. The van der Waals surface area contributed by atoms with Gasteiger partial charge in [-0.25, -0.2) is 12.4 Å². The molecule has 1 saturated carbocycles. The molecule has 1 aliphatic carbocycles. The number of carbonyl (C=O) groups is 2. The summed E-state index contributed by atoms with van der Waals surface area (Å²) >= 11 is 0. The summed E-state index contributed by atoms with van der Waals surface area (Å²) in [5.41, 5.74) is 2.14. The zero-order chi connectivity index (χ0) is 27.2. The van der Waals surface area contributed by atoms with Gasteiger partial charge in [0.05, 0.1) is 22.5 Å². The number of carbonyl (C=O) groups excluding carboxylic acids is 2. The molecule has 5 rings (SSSR count). The number of hydrogen-bond donors (Lipinski definition) is 2. The monoisotopic (exact) mass is 532 g/mol. The van der Waals surface area contributed by atoms with Crippen LogP contribution in [0.1, 0.15) is 50.4 Å². The van der Waals surface area contributed by atoms with Crippen molar-refractivity contribution >= 4 is 32.7 Å². The van der Waals surface area contributed by atoms with E-state index in [4.69, 9.17) is 0 Å². The number of nitrogens with zero attached hydrogens (tertiary/aromatic N) is 2. The third-order valence-corrected chi connectivity index (χ3v) is 8.53. The van der Waals surface area contributed by atoms with Gasteiger partial charge in [0.2, 0.25) is 0 Å². The average molecular weight is 533 g/mol. The van der Waals surface area contributed by atoms with E-state index in [0.29, 0.717) is 22.2 Å². The van der Waals surface area contributed by atoms with Crippen LogP contribution in [0.25, 0.3) is 10.9 Å². The van der Waals surface area contributed by atoms with E-state index in [9.17, 15) is 22.8 Å². The van der Waals surface area contributed by atoms with Crippen LogP contribution in [-0.4, -0.2) is 41.9 Å². The Morgan fingerprint density at radius 1 is 1.00 bits per heavy atom. The molecule has 0 atom stereocenters. The molecule has 2 aromatic carbocycles. The largest absolute Gasteiger partial charge is 0.355 e. The first kappa shape index (κ1) is 25.5. The Hall–Kier alpha value is -4.18. The lowest BCUT2D eigenvalue weighted by molar-refractivity contribution is 0.0950. The molecule has 38 heavy (non-hydrogen) atoms. The fourth-order valence-electron chi connectivity index (χ4n) is 4.53. The predicted octanol–water partition coefficient (Wildman–Crippen LogP) is 2.96. The molecule has 0 saturated heterocycles. The van der Waals surface area contributed by atoms with Gasteiger partial charge < -0.3 is 15.2 Å². The van der Waals surface area contributed by atoms with Gasteiger partial charge in [0.25, 0.3) is 27.4 Å². The highest BCUT2D eigenvalue weighted by Gasteiger charge is 2.26. The quantitative estimate of drug-likeness (QED) is 0.379. The third-order valence-electron chi connectivity index (χ3n) is 6.70. The highest BCUT2D eigenvalue weighted by Crippen LogP contribution is 2.28. The summed E-state index contributed by atoms with van der Waals surface area (Å²) in [4.78, 5) is 38.6. The maximum Gasteiger partial charge on any atom is 0.268 e. The van der Waals surface area contributed by atoms with Crippen molar-refractivity contribution < 1.29 is 18.0 Å². The molecule has 2 aromatic heterocycles.